The van der Waals surface area contributed by atoms with Gasteiger partial charge in [0.1, 0.15) is 11.6 Å². The fraction of sp³-hybridized carbons (Fsp3) is 0.333. The molecule has 0 saturated heterocycles. The molecule has 6 aromatic carbocycles. The fourth-order valence-corrected chi connectivity index (χ4v) is 8.56. The van der Waals surface area contributed by atoms with E-state index in [1.807, 2.05) is 93.8 Å². The van der Waals surface area contributed by atoms with E-state index in [0.29, 0.717) is 33.4 Å². The van der Waals surface area contributed by atoms with Crippen molar-refractivity contribution in [2.45, 2.75) is 138 Å². The first-order valence-corrected chi connectivity index (χ1v) is 22.7. The van der Waals surface area contributed by atoms with E-state index in [4.69, 9.17) is 18.7 Å². The number of phenols is 1. The van der Waals surface area contributed by atoms with Crippen LogP contribution in [0.25, 0.3) is 72.7 Å². The van der Waals surface area contributed by atoms with Crippen molar-refractivity contribution in [1.29, 1.82) is 0 Å². The molecule has 2 aromatic heterocycles. The standard InChI is InChI=1S/C63H71N3O/c1-38(2)43-34-53(40(5)6)59(67)54(35-43)60-65-58-49(20-18-22-57(58)66(60)48-27-28-50(52(37-48)39(3)4)51-19-16-17-21-55(51)63(13,14)15)44-31-45(33-47(32-44)62(10,11)12)56-36-42(29-30-64-56)41-23-25-46(26-24-41)61(7,8)9/h16-40,67H,1-15H3/i7D3,8D3,23D,24D,25D,26D,29D,30D,36D,38D,39D,40D. The maximum atomic E-state index is 12.5. The second-order valence-corrected chi connectivity index (χ2v) is 20.5. The Kier molecular flexibility index (Phi) is 8.19. The summed E-state index contributed by atoms with van der Waals surface area (Å²) in [4.78, 5) is 9.87. The lowest BCUT2D eigenvalue weighted by atomic mass is 9.80. The first-order chi connectivity index (χ1) is 37.8. The second-order valence-electron chi connectivity index (χ2n) is 20.5. The zero-order chi connectivity index (χ0) is 62.2. The summed E-state index contributed by atoms with van der Waals surface area (Å²) in [5.41, 5.74) is 2.67. The molecule has 0 aliphatic carbocycles. The van der Waals surface area contributed by atoms with Crippen LogP contribution in [0.2, 0.25) is 0 Å². The van der Waals surface area contributed by atoms with Gasteiger partial charge in [-0.2, -0.15) is 0 Å². The average molecular weight is 902 g/mol. The van der Waals surface area contributed by atoms with Gasteiger partial charge >= 0.3 is 0 Å². The van der Waals surface area contributed by atoms with Gasteiger partial charge in [-0.05, 0) is 144 Å². The van der Waals surface area contributed by atoms with E-state index in [2.05, 4.69) is 37.9 Å². The molecule has 344 valence electrons. The Morgan fingerprint density at radius 1 is 0.582 bits per heavy atom. The van der Waals surface area contributed by atoms with E-state index in [1.54, 1.807) is 52.0 Å². The molecular weight excluding hydrogens is 815 g/mol. The van der Waals surface area contributed by atoms with Crippen molar-refractivity contribution in [2.24, 2.45) is 0 Å². The molecular formula is C63H71N3O. The van der Waals surface area contributed by atoms with Gasteiger partial charge in [0, 0.05) is 35.3 Å². The number of para-hydroxylation sites is 1. The van der Waals surface area contributed by atoms with Crippen molar-refractivity contribution >= 4 is 11.0 Å². The minimum Gasteiger partial charge on any atom is -0.507 e. The van der Waals surface area contributed by atoms with Crippen molar-refractivity contribution in [2.75, 3.05) is 0 Å². The Labute approximate surface area is 423 Å². The Morgan fingerprint density at radius 2 is 1.27 bits per heavy atom. The van der Waals surface area contributed by atoms with Crippen molar-refractivity contribution in [3.8, 4) is 67.5 Å². The van der Waals surface area contributed by atoms with Gasteiger partial charge in [-0.3, -0.25) is 9.55 Å². The lowest BCUT2D eigenvalue weighted by Crippen LogP contribution is -2.13. The minimum absolute atomic E-state index is 0.161. The highest BCUT2D eigenvalue weighted by Gasteiger charge is 2.27. The molecule has 1 N–H and O–H groups in total. The van der Waals surface area contributed by atoms with Gasteiger partial charge in [0.25, 0.3) is 0 Å². The molecule has 0 aliphatic rings. The van der Waals surface area contributed by atoms with Gasteiger partial charge < -0.3 is 5.11 Å². The summed E-state index contributed by atoms with van der Waals surface area (Å²) in [6.07, 6.45) is -0.675. The summed E-state index contributed by atoms with van der Waals surface area (Å²) in [7, 11) is 0. The number of aromatic nitrogens is 3. The molecule has 0 radical (unpaired) electrons. The third-order valence-corrected chi connectivity index (χ3v) is 12.3. The third kappa shape index (κ3) is 9.38. The molecule has 4 heteroatoms. The Morgan fingerprint density at radius 3 is 1.93 bits per heavy atom. The van der Waals surface area contributed by atoms with Gasteiger partial charge in [-0.1, -0.05) is 182 Å². The maximum absolute atomic E-state index is 12.5. The number of hydrogen-bond acceptors (Lipinski definition) is 3. The smallest absolute Gasteiger partial charge is 0.149 e. The van der Waals surface area contributed by atoms with Crippen molar-refractivity contribution < 1.29 is 27.0 Å². The summed E-state index contributed by atoms with van der Waals surface area (Å²) >= 11 is 0. The van der Waals surface area contributed by atoms with Crippen molar-refractivity contribution in [3.05, 3.63) is 167 Å². The highest BCUT2D eigenvalue weighted by Crippen LogP contribution is 2.45. The lowest BCUT2D eigenvalue weighted by molar-refractivity contribution is 0.466. The molecule has 0 unspecified atom stereocenters. The first kappa shape index (κ1) is 30.9. The molecule has 0 spiro atoms. The number of rotatable bonds is 9. The van der Waals surface area contributed by atoms with E-state index in [1.165, 1.54) is 0 Å². The minimum atomic E-state index is -3.33. The molecule has 0 saturated carbocycles. The van der Waals surface area contributed by atoms with E-state index >= 15 is 0 Å². The van der Waals surface area contributed by atoms with Crippen LogP contribution in [0, 0.1) is 0 Å². The zero-order valence-electron chi connectivity index (χ0n) is 56.9. The maximum Gasteiger partial charge on any atom is 0.149 e. The molecule has 8 aromatic rings. The Bertz CT molecular complexity index is 3870. The van der Waals surface area contributed by atoms with Crippen LogP contribution in [0.5, 0.6) is 5.75 Å². The van der Waals surface area contributed by atoms with E-state index in [0.717, 1.165) is 34.7 Å². The number of fused-ring (bicyclic) bond motifs is 1. The SMILES string of the molecule is [2H]c1nc(-c2cc(-c3cccc4c3nc(-c3cc(C([2H])(C)C)cc(C([2H])(C)C)c3O)n4-c3ccc(-c4ccccc4C(C)(C)C)c(C([2H])(C)C)c3)cc(C(C)(C)C)c2)c([2H])c(-c2c([2H])c([2H])c(C(C)(C([2H])([2H])[2H])C([2H])([2H])[2H])c([2H])c2[2H])c1[2H]. The van der Waals surface area contributed by atoms with Crippen LogP contribution in [-0.2, 0) is 16.2 Å². The predicted molar refractivity (Wildman–Crippen MR) is 286 cm³/mol. The van der Waals surface area contributed by atoms with Crippen LogP contribution in [0.15, 0.2) is 133 Å². The van der Waals surface area contributed by atoms with Gasteiger partial charge in [-0.15, -0.1) is 0 Å². The molecule has 0 bridgehead atoms. The summed E-state index contributed by atoms with van der Waals surface area (Å²) < 4.78 is 144. The molecule has 0 fully saturated rings. The lowest BCUT2D eigenvalue weighted by Gasteiger charge is -2.25. The Hall–Kier alpha value is -6.26. The first-order valence-electron chi connectivity index (χ1n) is 30.7. The fourth-order valence-electron chi connectivity index (χ4n) is 8.56. The highest BCUT2D eigenvalue weighted by atomic mass is 16.3. The van der Waals surface area contributed by atoms with E-state index in [-0.39, 0.29) is 39.4 Å². The molecule has 67 heavy (non-hydrogen) atoms. The van der Waals surface area contributed by atoms with Crippen LogP contribution in [-0.4, -0.2) is 19.6 Å². The molecule has 2 heterocycles. The van der Waals surface area contributed by atoms with Crippen LogP contribution in [0.3, 0.4) is 0 Å². The molecule has 0 atom stereocenters. The zero-order valence-corrected chi connectivity index (χ0v) is 40.9. The van der Waals surface area contributed by atoms with Crippen LogP contribution in [0.4, 0.5) is 0 Å². The number of benzene rings is 6. The summed E-state index contributed by atoms with van der Waals surface area (Å²) in [5.74, 6) is -3.55. The number of aromatic hydroxyl groups is 1. The Balaban J connectivity index is 1.46. The van der Waals surface area contributed by atoms with Crippen LogP contribution < -0.4 is 0 Å². The third-order valence-electron chi connectivity index (χ3n) is 12.3. The van der Waals surface area contributed by atoms with Crippen molar-refractivity contribution in [1.82, 2.24) is 14.5 Å². The topological polar surface area (TPSA) is 50.9 Å². The van der Waals surface area contributed by atoms with Crippen LogP contribution in [0.1, 0.15) is 177 Å². The summed E-state index contributed by atoms with van der Waals surface area (Å²) in [5, 5.41) is 12.5. The highest BCUT2D eigenvalue weighted by molar-refractivity contribution is 5.97. The van der Waals surface area contributed by atoms with Crippen molar-refractivity contribution in [3.63, 3.8) is 0 Å². The monoisotopic (exact) mass is 902 g/mol. The molecule has 0 amide bonds. The molecule has 0 aliphatic heterocycles. The van der Waals surface area contributed by atoms with E-state index < -0.39 is 101 Å². The number of phenolic OH excluding ortho intramolecular Hbond substituents is 1. The van der Waals surface area contributed by atoms with Crippen LogP contribution >= 0.6 is 0 Å². The quantitative estimate of drug-likeness (QED) is 0.157. The van der Waals surface area contributed by atoms with Gasteiger partial charge in [0.05, 0.1) is 31.9 Å². The number of hydrogen-bond donors (Lipinski definition) is 1. The largest absolute Gasteiger partial charge is 0.507 e. The average Bonchev–Trinajstić information content (AvgIpc) is 1.69. The summed E-state index contributed by atoms with van der Waals surface area (Å²) in [6.45, 7) is 17.1. The van der Waals surface area contributed by atoms with Gasteiger partial charge in [-0.25, -0.2) is 4.98 Å². The van der Waals surface area contributed by atoms with Gasteiger partial charge in [0.15, 0.2) is 0 Å². The van der Waals surface area contributed by atoms with E-state index in [9.17, 15) is 13.3 Å². The normalized spacial score (nSPS) is 16.9. The summed E-state index contributed by atoms with van der Waals surface area (Å²) in [6, 6.07) is 23.6. The predicted octanol–water partition coefficient (Wildman–Crippen LogP) is 17.7. The second kappa shape index (κ2) is 17.8. The molecule has 8 rings (SSSR count). The molecule has 4 nitrogen and oxygen atoms in total. The van der Waals surface area contributed by atoms with Gasteiger partial charge in [0.2, 0.25) is 0 Å². The number of imidazole rings is 1. The number of nitrogens with zero attached hydrogens (tertiary/aromatic N) is 3. The number of pyridine rings is 1.